The molecule has 0 aliphatic carbocycles. The third-order valence-electron chi connectivity index (χ3n) is 2.90. The maximum absolute atomic E-state index is 13.4. The second kappa shape index (κ2) is 5.32. The smallest absolute Gasteiger partial charge is 0.264 e. The minimum Gasteiger partial charge on any atom is -0.368 e. The number of nitrogens with two attached hydrogens (primary N) is 1. The number of H-pyrrole nitrogens is 1. The molecule has 22 heavy (non-hydrogen) atoms. The van der Waals surface area contributed by atoms with E-state index >= 15 is 0 Å². The van der Waals surface area contributed by atoms with Gasteiger partial charge in [0.1, 0.15) is 11.6 Å². The number of anilines is 1. The number of nitrogen functional groups attached to an aromatic ring is 1. The van der Waals surface area contributed by atoms with Gasteiger partial charge >= 0.3 is 0 Å². The Balaban J connectivity index is 2.24. The van der Waals surface area contributed by atoms with Crippen LogP contribution in [0.3, 0.4) is 0 Å². The molecule has 0 unspecified atom stereocenters. The van der Waals surface area contributed by atoms with Gasteiger partial charge in [0, 0.05) is 29.5 Å². The molecule has 110 valence electrons. The molecule has 0 radical (unpaired) electrons. The van der Waals surface area contributed by atoms with Gasteiger partial charge in [0.2, 0.25) is 5.95 Å². The molecular formula is C14H9F2N5O. The van der Waals surface area contributed by atoms with Gasteiger partial charge in [-0.25, -0.2) is 23.8 Å². The average Bonchev–Trinajstić information content (AvgIpc) is 2.47. The van der Waals surface area contributed by atoms with E-state index in [-0.39, 0.29) is 22.8 Å². The Kier molecular flexibility index (Phi) is 3.34. The van der Waals surface area contributed by atoms with E-state index < -0.39 is 11.6 Å². The lowest BCUT2D eigenvalue weighted by atomic mass is 10.0. The fraction of sp³-hybridized carbons (Fsp3) is 0. The molecule has 0 atom stereocenters. The quantitative estimate of drug-likeness (QED) is 0.751. The summed E-state index contributed by atoms with van der Waals surface area (Å²) in [7, 11) is 0. The number of halogens is 2. The van der Waals surface area contributed by atoms with E-state index in [1.54, 1.807) is 0 Å². The lowest BCUT2D eigenvalue weighted by Gasteiger charge is -2.08. The van der Waals surface area contributed by atoms with E-state index in [1.807, 2.05) is 0 Å². The molecule has 3 rings (SSSR count). The van der Waals surface area contributed by atoms with Gasteiger partial charge in [-0.05, 0) is 18.2 Å². The van der Waals surface area contributed by atoms with Gasteiger partial charge in [0.05, 0.1) is 11.4 Å². The minimum absolute atomic E-state index is 0.0483. The maximum atomic E-state index is 13.4. The first-order valence-corrected chi connectivity index (χ1v) is 6.18. The molecule has 0 bridgehead atoms. The van der Waals surface area contributed by atoms with Crippen molar-refractivity contribution in [3.63, 3.8) is 0 Å². The highest BCUT2D eigenvalue weighted by molar-refractivity contribution is 5.78. The SMILES string of the molecule is Nc1ncc(-c2ccc(=O)[nH]n2)c(-c2cc(F)cc(F)c2)n1. The Labute approximate surface area is 122 Å². The van der Waals surface area contributed by atoms with Gasteiger partial charge in [-0.15, -0.1) is 0 Å². The first-order valence-electron chi connectivity index (χ1n) is 6.18. The first-order chi connectivity index (χ1) is 10.5. The molecule has 2 heterocycles. The van der Waals surface area contributed by atoms with Crippen molar-refractivity contribution in [2.45, 2.75) is 0 Å². The molecule has 0 amide bonds. The van der Waals surface area contributed by atoms with Crippen LogP contribution in [0, 0.1) is 11.6 Å². The van der Waals surface area contributed by atoms with Crippen LogP contribution in [0.4, 0.5) is 14.7 Å². The topological polar surface area (TPSA) is 97.5 Å². The first kappa shape index (κ1) is 13.8. The Bertz CT molecular complexity index is 869. The number of hydrogen-bond donors (Lipinski definition) is 2. The molecule has 0 fully saturated rings. The second-order valence-electron chi connectivity index (χ2n) is 4.46. The van der Waals surface area contributed by atoms with Crippen molar-refractivity contribution >= 4 is 5.95 Å². The van der Waals surface area contributed by atoms with Crippen LogP contribution in [0.5, 0.6) is 0 Å². The fourth-order valence-electron chi connectivity index (χ4n) is 1.99. The third-order valence-corrected chi connectivity index (χ3v) is 2.90. The normalized spacial score (nSPS) is 10.6. The van der Waals surface area contributed by atoms with Crippen LogP contribution in [0.2, 0.25) is 0 Å². The lowest BCUT2D eigenvalue weighted by molar-refractivity contribution is 0.584. The third kappa shape index (κ3) is 2.66. The molecular weight excluding hydrogens is 292 g/mol. The highest BCUT2D eigenvalue weighted by Crippen LogP contribution is 2.29. The zero-order valence-corrected chi connectivity index (χ0v) is 11.0. The molecule has 0 aliphatic heterocycles. The Morgan fingerprint density at radius 1 is 1.09 bits per heavy atom. The molecule has 0 spiro atoms. The highest BCUT2D eigenvalue weighted by Gasteiger charge is 2.14. The summed E-state index contributed by atoms with van der Waals surface area (Å²) in [5.74, 6) is -1.53. The summed E-state index contributed by atoms with van der Waals surface area (Å²) in [4.78, 5) is 19.0. The van der Waals surface area contributed by atoms with E-state index in [1.165, 1.54) is 18.3 Å². The van der Waals surface area contributed by atoms with Crippen LogP contribution in [0.25, 0.3) is 22.5 Å². The van der Waals surface area contributed by atoms with Crippen LogP contribution in [0.15, 0.2) is 41.3 Å². The molecule has 0 aliphatic rings. The van der Waals surface area contributed by atoms with Crippen LogP contribution >= 0.6 is 0 Å². The molecule has 1 aromatic carbocycles. The molecule has 8 heteroatoms. The predicted octanol–water partition coefficient (Wildman–Crippen LogP) is 1.75. The summed E-state index contributed by atoms with van der Waals surface area (Å²) < 4.78 is 26.8. The number of nitrogens with one attached hydrogen (secondary N) is 1. The molecule has 0 saturated carbocycles. The Hall–Kier alpha value is -3.16. The van der Waals surface area contributed by atoms with Crippen molar-refractivity contribution in [3.05, 3.63) is 58.5 Å². The van der Waals surface area contributed by atoms with Gasteiger partial charge in [0.25, 0.3) is 5.56 Å². The van der Waals surface area contributed by atoms with E-state index in [9.17, 15) is 13.6 Å². The van der Waals surface area contributed by atoms with Gasteiger partial charge in [-0.3, -0.25) is 4.79 Å². The molecule has 3 aromatic rings. The van der Waals surface area contributed by atoms with Crippen molar-refractivity contribution in [2.75, 3.05) is 5.73 Å². The second-order valence-corrected chi connectivity index (χ2v) is 4.46. The average molecular weight is 301 g/mol. The molecule has 0 saturated heterocycles. The van der Waals surface area contributed by atoms with E-state index in [2.05, 4.69) is 20.2 Å². The number of benzene rings is 1. The summed E-state index contributed by atoms with van der Waals surface area (Å²) in [6.45, 7) is 0. The molecule has 6 nitrogen and oxygen atoms in total. The fourth-order valence-corrected chi connectivity index (χ4v) is 1.99. The molecule has 2 aromatic heterocycles. The number of rotatable bonds is 2. The van der Waals surface area contributed by atoms with E-state index in [0.29, 0.717) is 11.3 Å². The van der Waals surface area contributed by atoms with Crippen molar-refractivity contribution in [1.82, 2.24) is 20.2 Å². The summed E-state index contributed by atoms with van der Waals surface area (Å²) in [5, 5.41) is 6.14. The van der Waals surface area contributed by atoms with Crippen LogP contribution in [-0.2, 0) is 0 Å². The predicted molar refractivity (Wildman–Crippen MR) is 75.6 cm³/mol. The summed E-state index contributed by atoms with van der Waals surface area (Å²) >= 11 is 0. The minimum atomic E-state index is -0.743. The maximum Gasteiger partial charge on any atom is 0.264 e. The number of hydrogen-bond acceptors (Lipinski definition) is 5. The number of nitrogens with zero attached hydrogens (tertiary/aromatic N) is 3. The Morgan fingerprint density at radius 3 is 2.45 bits per heavy atom. The van der Waals surface area contributed by atoms with Gasteiger partial charge < -0.3 is 5.73 Å². The van der Waals surface area contributed by atoms with Crippen molar-refractivity contribution in [2.24, 2.45) is 0 Å². The monoisotopic (exact) mass is 301 g/mol. The molecule has 3 N–H and O–H groups in total. The van der Waals surface area contributed by atoms with Crippen LogP contribution in [-0.4, -0.2) is 20.2 Å². The Morgan fingerprint density at radius 2 is 1.82 bits per heavy atom. The van der Waals surface area contributed by atoms with Gasteiger partial charge in [0.15, 0.2) is 0 Å². The zero-order valence-electron chi connectivity index (χ0n) is 11.0. The van der Waals surface area contributed by atoms with E-state index in [0.717, 1.165) is 18.2 Å². The van der Waals surface area contributed by atoms with Crippen LogP contribution in [0.1, 0.15) is 0 Å². The standard InChI is InChI=1S/C14H9F2N5O/c15-8-3-7(4-9(16)5-8)13-10(6-18-14(17)19-13)11-1-2-12(22)21-20-11/h1-6H,(H,21,22)(H2,17,18,19). The van der Waals surface area contributed by atoms with Gasteiger partial charge in [-0.2, -0.15) is 5.10 Å². The largest absolute Gasteiger partial charge is 0.368 e. The summed E-state index contributed by atoms with van der Waals surface area (Å²) in [6, 6.07) is 5.73. The number of aromatic amines is 1. The zero-order chi connectivity index (χ0) is 15.7. The van der Waals surface area contributed by atoms with E-state index in [4.69, 9.17) is 5.73 Å². The van der Waals surface area contributed by atoms with Gasteiger partial charge in [-0.1, -0.05) is 0 Å². The summed E-state index contributed by atoms with van der Waals surface area (Å²) in [6.07, 6.45) is 1.38. The summed E-state index contributed by atoms with van der Waals surface area (Å²) in [5.41, 5.74) is 6.31. The van der Waals surface area contributed by atoms with Crippen LogP contribution < -0.4 is 11.3 Å². The highest BCUT2D eigenvalue weighted by atomic mass is 19.1. The van der Waals surface area contributed by atoms with Crippen molar-refractivity contribution in [3.8, 4) is 22.5 Å². The van der Waals surface area contributed by atoms with Crippen molar-refractivity contribution in [1.29, 1.82) is 0 Å². The number of aromatic nitrogens is 4. The lowest BCUT2D eigenvalue weighted by Crippen LogP contribution is -2.07. The van der Waals surface area contributed by atoms with Crippen molar-refractivity contribution < 1.29 is 8.78 Å².